The van der Waals surface area contributed by atoms with Gasteiger partial charge in [-0.3, -0.25) is 4.79 Å². The molecule has 1 aliphatic carbocycles. The largest absolute Gasteiger partial charge is 0.377 e. The number of rotatable bonds is 4. The lowest BCUT2D eigenvalue weighted by atomic mass is 9.79. The van der Waals surface area contributed by atoms with Crippen molar-refractivity contribution in [1.82, 2.24) is 5.32 Å². The highest BCUT2D eigenvalue weighted by molar-refractivity contribution is 5.96. The zero-order valence-corrected chi connectivity index (χ0v) is 12.2. The fraction of sp³-hybridized carbons (Fsp3) is 0.562. The van der Waals surface area contributed by atoms with Crippen LogP contribution in [0.1, 0.15) is 37.3 Å². The monoisotopic (exact) mass is 274 g/mol. The number of hydrogen-bond acceptors (Lipinski definition) is 3. The molecule has 4 nitrogen and oxygen atoms in total. The Balaban J connectivity index is 1.77. The molecule has 1 aromatic carbocycles. The summed E-state index contributed by atoms with van der Waals surface area (Å²) in [4.78, 5) is 13.9. The van der Waals surface area contributed by atoms with E-state index in [1.54, 1.807) is 12.0 Å². The van der Waals surface area contributed by atoms with Crippen LogP contribution in [0, 0.1) is 0 Å². The van der Waals surface area contributed by atoms with Crippen LogP contribution in [-0.4, -0.2) is 32.2 Å². The fourth-order valence-electron chi connectivity index (χ4n) is 3.16. The minimum atomic E-state index is -0.0126. The van der Waals surface area contributed by atoms with Crippen molar-refractivity contribution in [3.05, 3.63) is 29.8 Å². The van der Waals surface area contributed by atoms with Crippen LogP contribution in [0.4, 0.5) is 5.69 Å². The zero-order chi connectivity index (χ0) is 14.2. The number of hydrogen-bond donors (Lipinski definition) is 1. The van der Waals surface area contributed by atoms with Crippen LogP contribution in [0.15, 0.2) is 24.3 Å². The number of para-hydroxylation sites is 1. The van der Waals surface area contributed by atoms with Crippen LogP contribution in [-0.2, 0) is 9.53 Å². The average molecular weight is 274 g/mol. The summed E-state index contributed by atoms with van der Waals surface area (Å²) < 4.78 is 5.64. The number of fused-ring (bicyclic) bond motifs is 1. The number of nitrogens with one attached hydrogen (secondary N) is 1. The number of methoxy groups -OCH3 is 1. The predicted octanol–water partition coefficient (Wildman–Crippen LogP) is 2.25. The summed E-state index contributed by atoms with van der Waals surface area (Å²) in [5.41, 5.74) is 2.21. The molecule has 0 bridgehead atoms. The number of benzene rings is 1. The third kappa shape index (κ3) is 2.23. The van der Waals surface area contributed by atoms with Crippen molar-refractivity contribution in [3.8, 4) is 0 Å². The summed E-state index contributed by atoms with van der Waals surface area (Å²) in [6, 6.07) is 8.23. The lowest BCUT2D eigenvalue weighted by Gasteiger charge is -2.42. The van der Waals surface area contributed by atoms with Gasteiger partial charge in [-0.2, -0.15) is 0 Å². The molecule has 20 heavy (non-hydrogen) atoms. The maximum absolute atomic E-state index is 12.1. The number of carbonyl (C=O) groups is 1. The fourth-order valence-corrected chi connectivity index (χ4v) is 3.16. The zero-order valence-electron chi connectivity index (χ0n) is 12.2. The van der Waals surface area contributed by atoms with Gasteiger partial charge in [0.2, 0.25) is 5.91 Å². The van der Waals surface area contributed by atoms with E-state index < -0.39 is 0 Å². The molecule has 0 aromatic heterocycles. The van der Waals surface area contributed by atoms with Gasteiger partial charge in [-0.25, -0.2) is 0 Å². The molecule has 4 heteroatoms. The lowest BCUT2D eigenvalue weighted by molar-refractivity contribution is -0.119. The second kappa shape index (κ2) is 5.19. The standard InChI is InChI=1S/C16H22N2O2/c1-18-14-7-4-3-6-12(14)13(10-15(18)19)17-11-16(20-2)8-5-9-16/h3-4,6-7,13,17H,5,8-11H2,1-2H3. The van der Waals surface area contributed by atoms with Gasteiger partial charge >= 0.3 is 0 Å². The van der Waals surface area contributed by atoms with Crippen molar-refractivity contribution in [2.75, 3.05) is 25.6 Å². The smallest absolute Gasteiger partial charge is 0.228 e. The van der Waals surface area contributed by atoms with Crippen LogP contribution >= 0.6 is 0 Å². The minimum Gasteiger partial charge on any atom is -0.377 e. The number of carbonyl (C=O) groups excluding carboxylic acids is 1. The Morgan fingerprint density at radius 1 is 1.40 bits per heavy atom. The summed E-state index contributed by atoms with van der Waals surface area (Å²) >= 11 is 0. The summed E-state index contributed by atoms with van der Waals surface area (Å²) in [6.45, 7) is 0.819. The summed E-state index contributed by atoms with van der Waals surface area (Å²) in [5, 5.41) is 3.55. The molecule has 1 amide bonds. The van der Waals surface area contributed by atoms with Crippen molar-refractivity contribution < 1.29 is 9.53 Å². The molecule has 0 spiro atoms. The van der Waals surface area contributed by atoms with Crippen LogP contribution in [0.2, 0.25) is 0 Å². The molecule has 2 aliphatic rings. The van der Waals surface area contributed by atoms with Gasteiger partial charge in [0.15, 0.2) is 0 Å². The Kier molecular flexibility index (Phi) is 3.52. The number of nitrogens with zero attached hydrogens (tertiary/aromatic N) is 1. The first-order chi connectivity index (χ1) is 9.65. The van der Waals surface area contributed by atoms with Gasteiger partial charge in [0, 0.05) is 38.9 Å². The number of anilines is 1. The van der Waals surface area contributed by atoms with Crippen LogP contribution in [0.5, 0.6) is 0 Å². The highest BCUT2D eigenvalue weighted by Crippen LogP contribution is 2.37. The van der Waals surface area contributed by atoms with Gasteiger partial charge < -0.3 is 15.0 Å². The van der Waals surface area contributed by atoms with Gasteiger partial charge in [-0.15, -0.1) is 0 Å². The Labute approximate surface area is 120 Å². The SMILES string of the molecule is COC1(CNC2CC(=O)N(C)c3ccccc32)CCC1. The van der Waals surface area contributed by atoms with Crippen molar-refractivity contribution in [1.29, 1.82) is 0 Å². The van der Waals surface area contributed by atoms with E-state index in [4.69, 9.17) is 4.74 Å². The normalized spacial score (nSPS) is 24.2. The molecule has 1 saturated carbocycles. The van der Waals surface area contributed by atoms with Crippen molar-refractivity contribution in [2.45, 2.75) is 37.3 Å². The second-order valence-corrected chi connectivity index (χ2v) is 5.89. The third-order valence-electron chi connectivity index (χ3n) is 4.79. The van der Waals surface area contributed by atoms with Crippen molar-refractivity contribution in [2.24, 2.45) is 0 Å². The first-order valence-electron chi connectivity index (χ1n) is 7.29. The number of ether oxygens (including phenoxy) is 1. The molecule has 1 fully saturated rings. The molecule has 1 aliphatic heterocycles. The highest BCUT2D eigenvalue weighted by Gasteiger charge is 2.38. The quantitative estimate of drug-likeness (QED) is 0.915. The van der Waals surface area contributed by atoms with E-state index in [1.165, 1.54) is 12.0 Å². The molecule has 1 aromatic rings. The Morgan fingerprint density at radius 2 is 2.15 bits per heavy atom. The maximum atomic E-state index is 12.1. The average Bonchev–Trinajstić information content (AvgIpc) is 2.43. The van der Waals surface area contributed by atoms with Crippen LogP contribution in [0.25, 0.3) is 0 Å². The first kappa shape index (κ1) is 13.6. The lowest BCUT2D eigenvalue weighted by Crippen LogP contribution is -2.50. The van der Waals surface area contributed by atoms with Gasteiger partial charge in [-0.05, 0) is 30.9 Å². The van der Waals surface area contributed by atoms with E-state index in [0.29, 0.717) is 6.42 Å². The van der Waals surface area contributed by atoms with E-state index >= 15 is 0 Å². The van der Waals surface area contributed by atoms with E-state index in [9.17, 15) is 4.79 Å². The molecule has 3 rings (SSSR count). The number of amides is 1. The predicted molar refractivity (Wildman–Crippen MR) is 78.8 cm³/mol. The molecule has 0 saturated heterocycles. The minimum absolute atomic E-state index is 0.0126. The van der Waals surface area contributed by atoms with Gasteiger partial charge in [-0.1, -0.05) is 18.2 Å². The molecule has 1 unspecified atom stereocenters. The molecule has 108 valence electrons. The van der Waals surface area contributed by atoms with Crippen molar-refractivity contribution in [3.63, 3.8) is 0 Å². The third-order valence-corrected chi connectivity index (χ3v) is 4.79. The molecule has 1 N–H and O–H groups in total. The van der Waals surface area contributed by atoms with Crippen molar-refractivity contribution >= 4 is 11.6 Å². The molecule has 1 atom stereocenters. The first-order valence-corrected chi connectivity index (χ1v) is 7.29. The second-order valence-electron chi connectivity index (χ2n) is 5.89. The topological polar surface area (TPSA) is 41.6 Å². The summed E-state index contributed by atoms with van der Waals surface area (Å²) in [6.07, 6.45) is 3.98. The van der Waals surface area contributed by atoms with Crippen LogP contribution in [0.3, 0.4) is 0 Å². The van der Waals surface area contributed by atoms with E-state index in [0.717, 1.165) is 25.1 Å². The Bertz CT molecular complexity index is 505. The Hall–Kier alpha value is -1.39. The Morgan fingerprint density at radius 3 is 2.80 bits per heavy atom. The van der Waals surface area contributed by atoms with E-state index in [1.807, 2.05) is 25.2 Å². The van der Waals surface area contributed by atoms with Gasteiger partial charge in [0.1, 0.15) is 0 Å². The van der Waals surface area contributed by atoms with Gasteiger partial charge in [0.05, 0.1) is 5.60 Å². The molecular weight excluding hydrogens is 252 g/mol. The van der Waals surface area contributed by atoms with Crippen LogP contribution < -0.4 is 10.2 Å². The van der Waals surface area contributed by atoms with Gasteiger partial charge in [0.25, 0.3) is 0 Å². The highest BCUT2D eigenvalue weighted by atomic mass is 16.5. The van der Waals surface area contributed by atoms with E-state index in [-0.39, 0.29) is 17.6 Å². The molecule has 1 heterocycles. The van der Waals surface area contributed by atoms with E-state index in [2.05, 4.69) is 11.4 Å². The summed E-state index contributed by atoms with van der Waals surface area (Å²) in [5.74, 6) is 0.168. The molecule has 0 radical (unpaired) electrons. The summed E-state index contributed by atoms with van der Waals surface area (Å²) in [7, 11) is 3.63. The maximum Gasteiger partial charge on any atom is 0.228 e. The molecular formula is C16H22N2O2.